The lowest BCUT2D eigenvalue weighted by atomic mass is 9.99. The quantitative estimate of drug-likeness (QED) is 0.837. The van der Waals surface area contributed by atoms with Gasteiger partial charge < -0.3 is 5.11 Å². The van der Waals surface area contributed by atoms with Gasteiger partial charge in [0.1, 0.15) is 0 Å². The Labute approximate surface area is 93.7 Å². The number of hydrogen-bond acceptors (Lipinski definition) is 2. The molecule has 0 radical (unpaired) electrons. The van der Waals surface area contributed by atoms with Gasteiger partial charge in [-0.25, -0.2) is 4.79 Å². The number of carboxylic acids is 1. The Morgan fingerprint density at radius 3 is 2.75 bits per heavy atom. The minimum absolute atomic E-state index is 0.230. The lowest BCUT2D eigenvalue weighted by Crippen LogP contribution is -1.98. The van der Waals surface area contributed by atoms with Crippen LogP contribution in [0, 0.1) is 0 Å². The molecule has 0 aliphatic rings. The van der Waals surface area contributed by atoms with Gasteiger partial charge >= 0.3 is 5.97 Å². The molecule has 0 saturated heterocycles. The highest BCUT2D eigenvalue weighted by Crippen LogP contribution is 2.23. The Balaban J connectivity index is 2.68. The van der Waals surface area contributed by atoms with Gasteiger partial charge in [-0.15, -0.1) is 0 Å². The number of para-hydroxylation sites is 1. The first-order valence-corrected chi connectivity index (χ1v) is 5.21. The predicted octanol–water partition coefficient (Wildman–Crippen LogP) is 3.06. The first-order valence-electron chi connectivity index (χ1n) is 5.21. The molecule has 0 unspecified atom stereocenters. The van der Waals surface area contributed by atoms with E-state index in [1.165, 1.54) is 6.20 Å². The summed E-state index contributed by atoms with van der Waals surface area (Å²) < 4.78 is 0. The normalized spacial score (nSPS) is 10.9. The average Bonchev–Trinajstić information content (AvgIpc) is 2.27. The monoisotopic (exact) mass is 215 g/mol. The topological polar surface area (TPSA) is 50.2 Å². The molecule has 0 spiro atoms. The van der Waals surface area contributed by atoms with E-state index in [0.717, 1.165) is 16.5 Å². The van der Waals surface area contributed by atoms with Crippen LogP contribution in [0.2, 0.25) is 0 Å². The second-order valence-electron chi connectivity index (χ2n) is 4.10. The molecular formula is C13H13NO2. The zero-order valence-electron chi connectivity index (χ0n) is 9.27. The van der Waals surface area contributed by atoms with Crippen LogP contribution in [0.3, 0.4) is 0 Å². The molecule has 2 rings (SSSR count). The molecule has 2 aromatic rings. The Hall–Kier alpha value is -1.90. The maximum atomic E-state index is 10.8. The van der Waals surface area contributed by atoms with E-state index in [9.17, 15) is 4.79 Å². The van der Waals surface area contributed by atoms with Gasteiger partial charge in [-0.3, -0.25) is 4.98 Å². The molecule has 0 aliphatic carbocycles. The maximum absolute atomic E-state index is 10.8. The second kappa shape index (κ2) is 3.93. The van der Waals surface area contributed by atoms with Gasteiger partial charge in [0.25, 0.3) is 0 Å². The predicted molar refractivity (Wildman–Crippen MR) is 62.8 cm³/mol. The van der Waals surface area contributed by atoms with Crippen LogP contribution in [0.1, 0.15) is 35.7 Å². The lowest BCUT2D eigenvalue weighted by Gasteiger charge is -2.08. The number of aromatic carboxylic acids is 1. The van der Waals surface area contributed by atoms with Gasteiger partial charge in [0, 0.05) is 11.6 Å². The molecule has 82 valence electrons. The number of pyridine rings is 1. The molecule has 16 heavy (non-hydrogen) atoms. The van der Waals surface area contributed by atoms with Crippen molar-refractivity contribution < 1.29 is 9.90 Å². The largest absolute Gasteiger partial charge is 0.478 e. The summed E-state index contributed by atoms with van der Waals surface area (Å²) in [4.78, 5) is 15.1. The van der Waals surface area contributed by atoms with E-state index in [1.807, 2.05) is 18.2 Å². The second-order valence-corrected chi connectivity index (χ2v) is 4.10. The van der Waals surface area contributed by atoms with Gasteiger partial charge in [-0.05, 0) is 17.5 Å². The molecule has 1 aromatic heterocycles. The van der Waals surface area contributed by atoms with E-state index in [1.54, 1.807) is 6.07 Å². The maximum Gasteiger partial charge on any atom is 0.337 e. The summed E-state index contributed by atoms with van der Waals surface area (Å²) in [6.07, 6.45) is 1.41. The van der Waals surface area contributed by atoms with Crippen molar-refractivity contribution in [3.63, 3.8) is 0 Å². The van der Waals surface area contributed by atoms with Crippen molar-refractivity contribution >= 4 is 16.9 Å². The van der Waals surface area contributed by atoms with E-state index in [0.29, 0.717) is 5.92 Å². The Kier molecular flexibility index (Phi) is 2.60. The molecule has 0 saturated carbocycles. The van der Waals surface area contributed by atoms with Crippen molar-refractivity contribution in [3.8, 4) is 0 Å². The molecule has 1 N–H and O–H groups in total. The van der Waals surface area contributed by atoms with Gasteiger partial charge in [0.2, 0.25) is 0 Å². The zero-order chi connectivity index (χ0) is 11.7. The summed E-state index contributed by atoms with van der Waals surface area (Å²) in [7, 11) is 0. The minimum Gasteiger partial charge on any atom is -0.478 e. The fourth-order valence-corrected chi connectivity index (χ4v) is 1.77. The molecule has 3 nitrogen and oxygen atoms in total. The van der Waals surface area contributed by atoms with E-state index in [-0.39, 0.29) is 5.56 Å². The van der Waals surface area contributed by atoms with Crippen LogP contribution in [-0.2, 0) is 0 Å². The highest BCUT2D eigenvalue weighted by Gasteiger charge is 2.09. The van der Waals surface area contributed by atoms with Crippen LogP contribution in [0.4, 0.5) is 0 Å². The molecule has 0 atom stereocenters. The molecule has 1 heterocycles. The molecule has 0 fully saturated rings. The van der Waals surface area contributed by atoms with Crippen LogP contribution in [0.15, 0.2) is 30.5 Å². The smallest absolute Gasteiger partial charge is 0.337 e. The van der Waals surface area contributed by atoms with Gasteiger partial charge in [0.15, 0.2) is 0 Å². The summed E-state index contributed by atoms with van der Waals surface area (Å²) in [5.74, 6) is -0.559. The van der Waals surface area contributed by atoms with Crippen LogP contribution >= 0.6 is 0 Å². The zero-order valence-corrected chi connectivity index (χ0v) is 9.27. The van der Waals surface area contributed by atoms with Gasteiger partial charge in [-0.1, -0.05) is 32.0 Å². The highest BCUT2D eigenvalue weighted by atomic mass is 16.4. The minimum atomic E-state index is -0.940. The van der Waals surface area contributed by atoms with E-state index < -0.39 is 5.97 Å². The highest BCUT2D eigenvalue weighted by molar-refractivity contribution is 5.93. The standard InChI is InChI=1S/C13H13NO2/c1-8(2)11-5-3-4-9-6-10(13(15)16)7-14-12(9)11/h3-8H,1-2H3,(H,15,16). The van der Waals surface area contributed by atoms with Gasteiger partial charge in [-0.2, -0.15) is 0 Å². The number of aromatic nitrogens is 1. The third-order valence-corrected chi connectivity index (χ3v) is 2.61. The van der Waals surface area contributed by atoms with Crippen molar-refractivity contribution in [3.05, 3.63) is 41.6 Å². The number of hydrogen-bond donors (Lipinski definition) is 1. The summed E-state index contributed by atoms with van der Waals surface area (Å²) in [6.45, 7) is 4.20. The molecule has 0 amide bonds. The first kappa shape index (κ1) is 10.6. The van der Waals surface area contributed by atoms with E-state index in [2.05, 4.69) is 18.8 Å². The van der Waals surface area contributed by atoms with Crippen molar-refractivity contribution in [2.75, 3.05) is 0 Å². The molecular weight excluding hydrogens is 202 g/mol. The SMILES string of the molecule is CC(C)c1cccc2cc(C(=O)O)cnc12. The number of benzene rings is 1. The Morgan fingerprint density at radius 2 is 2.12 bits per heavy atom. The Morgan fingerprint density at radius 1 is 1.38 bits per heavy atom. The summed E-state index contributed by atoms with van der Waals surface area (Å²) >= 11 is 0. The first-order chi connectivity index (χ1) is 7.59. The third-order valence-electron chi connectivity index (χ3n) is 2.61. The number of carboxylic acid groups (broad SMARTS) is 1. The number of nitrogens with zero attached hydrogens (tertiary/aromatic N) is 1. The van der Waals surface area contributed by atoms with Crippen LogP contribution in [0.25, 0.3) is 10.9 Å². The molecule has 0 aliphatic heterocycles. The summed E-state index contributed by atoms with van der Waals surface area (Å²) in [5.41, 5.74) is 2.27. The average molecular weight is 215 g/mol. The fraction of sp³-hybridized carbons (Fsp3) is 0.231. The summed E-state index contributed by atoms with van der Waals surface area (Å²) in [6, 6.07) is 7.52. The van der Waals surface area contributed by atoms with Crippen LogP contribution in [-0.4, -0.2) is 16.1 Å². The third kappa shape index (κ3) is 1.76. The number of carbonyl (C=O) groups is 1. The molecule has 0 bridgehead atoms. The van der Waals surface area contributed by atoms with Crippen molar-refractivity contribution in [2.24, 2.45) is 0 Å². The lowest BCUT2D eigenvalue weighted by molar-refractivity contribution is 0.0696. The van der Waals surface area contributed by atoms with Crippen LogP contribution in [0.5, 0.6) is 0 Å². The van der Waals surface area contributed by atoms with Crippen molar-refractivity contribution in [1.29, 1.82) is 0 Å². The fourth-order valence-electron chi connectivity index (χ4n) is 1.77. The van der Waals surface area contributed by atoms with E-state index in [4.69, 9.17) is 5.11 Å². The Bertz CT molecular complexity index is 547. The van der Waals surface area contributed by atoms with Gasteiger partial charge in [0.05, 0.1) is 11.1 Å². The van der Waals surface area contributed by atoms with Crippen LogP contribution < -0.4 is 0 Å². The number of fused-ring (bicyclic) bond motifs is 1. The molecule has 3 heteroatoms. The van der Waals surface area contributed by atoms with Crippen molar-refractivity contribution in [1.82, 2.24) is 4.98 Å². The molecule has 1 aromatic carbocycles. The van der Waals surface area contributed by atoms with Crippen molar-refractivity contribution in [2.45, 2.75) is 19.8 Å². The van der Waals surface area contributed by atoms with E-state index >= 15 is 0 Å². The number of rotatable bonds is 2. The summed E-state index contributed by atoms with van der Waals surface area (Å²) in [5, 5.41) is 9.76.